The summed E-state index contributed by atoms with van der Waals surface area (Å²) in [6.07, 6.45) is 0.710. The summed E-state index contributed by atoms with van der Waals surface area (Å²) >= 11 is 0. The van der Waals surface area contributed by atoms with E-state index in [2.05, 4.69) is 19.2 Å². The van der Waals surface area contributed by atoms with Crippen LogP contribution in [0.25, 0.3) is 0 Å². The highest BCUT2D eigenvalue weighted by atomic mass is 16.6. The van der Waals surface area contributed by atoms with E-state index in [4.69, 9.17) is 4.74 Å². The molecule has 0 aliphatic heterocycles. The summed E-state index contributed by atoms with van der Waals surface area (Å²) in [7, 11) is 0. The summed E-state index contributed by atoms with van der Waals surface area (Å²) in [5, 5.41) is 12.3. The zero-order valence-electron chi connectivity index (χ0n) is 14.6. The van der Waals surface area contributed by atoms with Crippen LogP contribution in [-0.2, 0) is 22.5 Å². The van der Waals surface area contributed by atoms with E-state index in [1.165, 1.54) is 0 Å². The van der Waals surface area contributed by atoms with Gasteiger partial charge in [0.15, 0.2) is 0 Å². The van der Waals surface area contributed by atoms with Gasteiger partial charge >= 0.3 is 11.9 Å². The predicted octanol–water partition coefficient (Wildman–Crippen LogP) is 3.01. The van der Waals surface area contributed by atoms with Gasteiger partial charge in [-0.3, -0.25) is 4.79 Å². The molecule has 0 fully saturated rings. The van der Waals surface area contributed by atoms with Gasteiger partial charge in [-0.25, -0.2) is 4.79 Å². The van der Waals surface area contributed by atoms with E-state index in [0.717, 1.165) is 11.1 Å². The number of carbonyl (C=O) groups is 2. The molecule has 0 aliphatic rings. The zero-order valence-corrected chi connectivity index (χ0v) is 14.6. The van der Waals surface area contributed by atoms with Crippen molar-refractivity contribution in [1.29, 1.82) is 0 Å². The highest BCUT2D eigenvalue weighted by molar-refractivity contribution is 5.89. The van der Waals surface area contributed by atoms with Gasteiger partial charge in [-0.2, -0.15) is 0 Å². The number of hydrogen-bond donors (Lipinski definition) is 2. The molecule has 5 nitrogen and oxygen atoms in total. The molecule has 1 rings (SSSR count). The van der Waals surface area contributed by atoms with Crippen molar-refractivity contribution in [3.63, 3.8) is 0 Å². The lowest BCUT2D eigenvalue weighted by Crippen LogP contribution is -2.31. The maximum atomic E-state index is 11.6. The lowest BCUT2D eigenvalue weighted by Gasteiger charge is -2.19. The summed E-state index contributed by atoms with van der Waals surface area (Å²) in [5.74, 6) is -0.839. The maximum Gasteiger partial charge on any atom is 0.335 e. The van der Waals surface area contributed by atoms with Crippen molar-refractivity contribution in [1.82, 2.24) is 5.32 Å². The molecule has 0 saturated heterocycles. The highest BCUT2D eigenvalue weighted by Crippen LogP contribution is 2.17. The molecule has 5 heteroatoms. The van der Waals surface area contributed by atoms with Gasteiger partial charge in [-0.1, -0.05) is 26.0 Å². The van der Waals surface area contributed by atoms with Crippen LogP contribution in [0.2, 0.25) is 0 Å². The first kappa shape index (κ1) is 19.2. The SMILES string of the molecule is CC(C)Cc1cc(CNCC(=O)OC(C)(C)C)ccc1C(=O)O. The second-order valence-electron chi connectivity index (χ2n) is 7.08. The third-order valence-corrected chi connectivity index (χ3v) is 3.05. The van der Waals surface area contributed by atoms with Crippen molar-refractivity contribution in [3.05, 3.63) is 34.9 Å². The number of benzene rings is 1. The predicted molar refractivity (Wildman–Crippen MR) is 89.5 cm³/mol. The van der Waals surface area contributed by atoms with Crippen molar-refractivity contribution < 1.29 is 19.4 Å². The lowest BCUT2D eigenvalue weighted by atomic mass is 9.96. The molecule has 0 amide bonds. The van der Waals surface area contributed by atoms with Crippen LogP contribution in [0.15, 0.2) is 18.2 Å². The van der Waals surface area contributed by atoms with Gasteiger partial charge in [-0.05, 0) is 50.3 Å². The fourth-order valence-electron chi connectivity index (χ4n) is 2.26. The molecule has 1 aromatic carbocycles. The van der Waals surface area contributed by atoms with Crippen LogP contribution in [0.5, 0.6) is 0 Å². The normalized spacial score (nSPS) is 11.6. The van der Waals surface area contributed by atoms with Gasteiger partial charge in [0, 0.05) is 6.54 Å². The Kier molecular flexibility index (Phi) is 6.76. The number of carboxylic acid groups (broad SMARTS) is 1. The third-order valence-electron chi connectivity index (χ3n) is 3.05. The van der Waals surface area contributed by atoms with Crippen LogP contribution >= 0.6 is 0 Å². The first-order chi connectivity index (χ1) is 10.6. The smallest absolute Gasteiger partial charge is 0.335 e. The minimum atomic E-state index is -0.908. The first-order valence-corrected chi connectivity index (χ1v) is 7.86. The van der Waals surface area contributed by atoms with Crippen molar-refractivity contribution in [2.45, 2.75) is 53.2 Å². The minimum absolute atomic E-state index is 0.122. The molecule has 0 heterocycles. The number of ether oxygens (including phenoxy) is 1. The van der Waals surface area contributed by atoms with Crippen LogP contribution in [-0.4, -0.2) is 29.2 Å². The van der Waals surface area contributed by atoms with E-state index in [1.807, 2.05) is 26.8 Å². The molecule has 0 aliphatic carbocycles. The fourth-order valence-corrected chi connectivity index (χ4v) is 2.26. The van der Waals surface area contributed by atoms with Crippen molar-refractivity contribution >= 4 is 11.9 Å². The minimum Gasteiger partial charge on any atom is -0.478 e. The molecule has 0 spiro atoms. The summed E-state index contributed by atoms with van der Waals surface area (Å²) in [6, 6.07) is 5.30. The second-order valence-corrected chi connectivity index (χ2v) is 7.08. The number of carbonyl (C=O) groups excluding carboxylic acids is 1. The average Bonchev–Trinajstić information content (AvgIpc) is 2.35. The van der Waals surface area contributed by atoms with E-state index >= 15 is 0 Å². The number of esters is 1. The Bertz CT molecular complexity index is 559. The number of nitrogens with one attached hydrogen (secondary N) is 1. The second kappa shape index (κ2) is 8.11. The first-order valence-electron chi connectivity index (χ1n) is 7.86. The molecular weight excluding hydrogens is 294 g/mol. The Morgan fingerprint density at radius 3 is 2.43 bits per heavy atom. The Morgan fingerprint density at radius 1 is 1.26 bits per heavy atom. The lowest BCUT2D eigenvalue weighted by molar-refractivity contribution is -0.153. The third kappa shape index (κ3) is 7.28. The molecule has 128 valence electrons. The van der Waals surface area contributed by atoms with E-state index in [1.54, 1.807) is 12.1 Å². The largest absolute Gasteiger partial charge is 0.478 e. The van der Waals surface area contributed by atoms with Crippen LogP contribution < -0.4 is 5.32 Å². The highest BCUT2D eigenvalue weighted by Gasteiger charge is 2.16. The van der Waals surface area contributed by atoms with E-state index in [0.29, 0.717) is 24.4 Å². The number of rotatable bonds is 7. The molecular formula is C18H27NO4. The Morgan fingerprint density at radius 2 is 1.91 bits per heavy atom. The van der Waals surface area contributed by atoms with Crippen molar-refractivity contribution in [3.8, 4) is 0 Å². The zero-order chi connectivity index (χ0) is 17.6. The van der Waals surface area contributed by atoms with Gasteiger partial charge in [0.25, 0.3) is 0 Å². The van der Waals surface area contributed by atoms with E-state index in [-0.39, 0.29) is 12.5 Å². The van der Waals surface area contributed by atoms with Gasteiger partial charge < -0.3 is 15.2 Å². The molecule has 0 atom stereocenters. The Labute approximate surface area is 138 Å². The quantitative estimate of drug-likeness (QED) is 0.755. The van der Waals surface area contributed by atoms with Crippen LogP contribution in [0.3, 0.4) is 0 Å². The summed E-state index contributed by atoms with van der Waals surface area (Å²) < 4.78 is 5.22. The van der Waals surface area contributed by atoms with Crippen LogP contribution in [0, 0.1) is 5.92 Å². The number of carboxylic acids is 1. The maximum absolute atomic E-state index is 11.6. The van der Waals surface area contributed by atoms with Gasteiger partial charge in [0.2, 0.25) is 0 Å². The molecule has 0 unspecified atom stereocenters. The molecule has 0 saturated carbocycles. The fraction of sp³-hybridized carbons (Fsp3) is 0.556. The molecule has 2 N–H and O–H groups in total. The standard InChI is InChI=1S/C18H27NO4/c1-12(2)8-14-9-13(6-7-15(14)17(21)22)10-19-11-16(20)23-18(3,4)5/h6-7,9,12,19H,8,10-11H2,1-5H3,(H,21,22). The molecule has 0 radical (unpaired) electrons. The van der Waals surface area contributed by atoms with Crippen molar-refractivity contribution in [2.24, 2.45) is 5.92 Å². The Balaban J connectivity index is 2.67. The number of aromatic carboxylic acids is 1. The molecule has 1 aromatic rings. The van der Waals surface area contributed by atoms with Crippen LogP contribution in [0.4, 0.5) is 0 Å². The average molecular weight is 321 g/mol. The van der Waals surface area contributed by atoms with E-state index in [9.17, 15) is 14.7 Å². The monoisotopic (exact) mass is 321 g/mol. The summed E-state index contributed by atoms with van der Waals surface area (Å²) in [5.41, 5.74) is 1.62. The summed E-state index contributed by atoms with van der Waals surface area (Å²) in [4.78, 5) is 22.9. The van der Waals surface area contributed by atoms with Gasteiger partial charge in [0.1, 0.15) is 5.60 Å². The summed E-state index contributed by atoms with van der Waals surface area (Å²) in [6.45, 7) is 10.2. The van der Waals surface area contributed by atoms with Crippen LogP contribution in [0.1, 0.15) is 56.1 Å². The van der Waals surface area contributed by atoms with Crippen molar-refractivity contribution in [2.75, 3.05) is 6.54 Å². The number of hydrogen-bond acceptors (Lipinski definition) is 4. The van der Waals surface area contributed by atoms with Gasteiger partial charge in [-0.15, -0.1) is 0 Å². The molecule has 23 heavy (non-hydrogen) atoms. The van der Waals surface area contributed by atoms with E-state index < -0.39 is 11.6 Å². The van der Waals surface area contributed by atoms with Gasteiger partial charge in [0.05, 0.1) is 12.1 Å². The topological polar surface area (TPSA) is 75.6 Å². The Hall–Kier alpha value is -1.88. The molecule has 0 bridgehead atoms. The molecule has 0 aromatic heterocycles.